The van der Waals surface area contributed by atoms with Crippen LogP contribution in [0.25, 0.3) is 0 Å². The first kappa shape index (κ1) is 14.6. The number of ether oxygens (including phenoxy) is 3. The van der Waals surface area contributed by atoms with E-state index in [4.69, 9.17) is 19.9 Å². The van der Waals surface area contributed by atoms with Crippen LogP contribution in [0.1, 0.15) is 18.4 Å². The minimum absolute atomic E-state index is 0.1000. The fourth-order valence-corrected chi connectivity index (χ4v) is 2.61. The van der Waals surface area contributed by atoms with E-state index >= 15 is 0 Å². The number of carbonyl (C=O) groups excluding carboxylic acids is 2. The number of hydrogen-bond donors (Lipinski definition) is 2. The number of aryl methyl sites for hydroxylation is 1. The van der Waals surface area contributed by atoms with Crippen molar-refractivity contribution < 1.29 is 23.8 Å². The molecule has 1 aromatic rings. The van der Waals surface area contributed by atoms with Gasteiger partial charge in [0.1, 0.15) is 0 Å². The van der Waals surface area contributed by atoms with E-state index in [1.807, 2.05) is 18.2 Å². The highest BCUT2D eigenvalue weighted by atomic mass is 16.7. The van der Waals surface area contributed by atoms with E-state index in [0.29, 0.717) is 31.8 Å². The molecule has 0 aliphatic carbocycles. The molecule has 0 saturated carbocycles. The van der Waals surface area contributed by atoms with Crippen LogP contribution in [0.5, 0.6) is 11.5 Å². The van der Waals surface area contributed by atoms with Gasteiger partial charge in [0.05, 0.1) is 25.2 Å². The van der Waals surface area contributed by atoms with Gasteiger partial charge in [-0.1, -0.05) is 6.07 Å². The Hall–Kier alpha value is -2.28. The number of hydrogen-bond acceptors (Lipinski definition) is 5. The van der Waals surface area contributed by atoms with Crippen molar-refractivity contribution in [2.24, 2.45) is 5.73 Å². The Labute approximate surface area is 127 Å². The van der Waals surface area contributed by atoms with Crippen LogP contribution in [0.2, 0.25) is 0 Å². The van der Waals surface area contributed by atoms with Gasteiger partial charge in [0.15, 0.2) is 11.5 Å². The van der Waals surface area contributed by atoms with E-state index in [0.717, 1.165) is 11.3 Å². The zero-order chi connectivity index (χ0) is 15.6. The Morgan fingerprint density at radius 2 is 2.00 bits per heavy atom. The lowest BCUT2D eigenvalue weighted by atomic mass is 9.92. The number of fused-ring (bicyclic) bond motifs is 1. The highest BCUT2D eigenvalue weighted by Gasteiger charge is 2.41. The topological polar surface area (TPSA) is 99.9 Å². The minimum atomic E-state index is -0.627. The van der Waals surface area contributed by atoms with E-state index in [1.54, 1.807) is 0 Å². The molecule has 2 amide bonds. The van der Waals surface area contributed by atoms with Gasteiger partial charge >= 0.3 is 0 Å². The second-order valence-electron chi connectivity index (χ2n) is 5.65. The molecule has 0 unspecified atom stereocenters. The molecule has 1 fully saturated rings. The van der Waals surface area contributed by atoms with Gasteiger partial charge in [-0.2, -0.15) is 0 Å². The van der Waals surface area contributed by atoms with Gasteiger partial charge in [0.25, 0.3) is 0 Å². The monoisotopic (exact) mass is 306 g/mol. The SMILES string of the molecule is NC(=O)CC1(NC(=O)CCc2ccc3c(c2)OCO3)COC1. The molecule has 1 aromatic carbocycles. The fourth-order valence-electron chi connectivity index (χ4n) is 2.61. The minimum Gasteiger partial charge on any atom is -0.454 e. The van der Waals surface area contributed by atoms with Crippen LogP contribution in [-0.2, 0) is 20.7 Å². The lowest BCUT2D eigenvalue weighted by molar-refractivity contribution is -0.138. The largest absolute Gasteiger partial charge is 0.454 e. The molecular formula is C15H18N2O5. The van der Waals surface area contributed by atoms with Crippen molar-refractivity contribution in [3.05, 3.63) is 23.8 Å². The van der Waals surface area contributed by atoms with Crippen molar-refractivity contribution in [3.63, 3.8) is 0 Å². The maximum absolute atomic E-state index is 12.1. The van der Waals surface area contributed by atoms with E-state index in [9.17, 15) is 9.59 Å². The third-order valence-corrected chi connectivity index (χ3v) is 3.75. The van der Waals surface area contributed by atoms with Crippen LogP contribution in [0.15, 0.2) is 18.2 Å². The van der Waals surface area contributed by atoms with Crippen LogP contribution in [-0.4, -0.2) is 37.4 Å². The Kier molecular flexibility index (Phi) is 3.89. The Balaban J connectivity index is 1.53. The maximum atomic E-state index is 12.1. The van der Waals surface area contributed by atoms with Crippen molar-refractivity contribution in [1.29, 1.82) is 0 Å². The third-order valence-electron chi connectivity index (χ3n) is 3.75. The zero-order valence-corrected chi connectivity index (χ0v) is 12.1. The summed E-state index contributed by atoms with van der Waals surface area (Å²) in [6, 6.07) is 5.62. The summed E-state index contributed by atoms with van der Waals surface area (Å²) in [7, 11) is 0. The predicted molar refractivity (Wildman–Crippen MR) is 76.4 cm³/mol. The summed E-state index contributed by atoms with van der Waals surface area (Å²) in [5.74, 6) is 0.859. The van der Waals surface area contributed by atoms with Crippen molar-refractivity contribution in [2.75, 3.05) is 20.0 Å². The van der Waals surface area contributed by atoms with Gasteiger partial charge in [-0.15, -0.1) is 0 Å². The third kappa shape index (κ3) is 3.14. The first-order valence-corrected chi connectivity index (χ1v) is 7.12. The molecule has 1 saturated heterocycles. The highest BCUT2D eigenvalue weighted by molar-refractivity contribution is 5.80. The molecule has 0 spiro atoms. The molecule has 7 heteroatoms. The summed E-state index contributed by atoms with van der Waals surface area (Å²) in [4.78, 5) is 23.1. The van der Waals surface area contributed by atoms with E-state index in [-0.39, 0.29) is 19.1 Å². The average Bonchev–Trinajstić information content (AvgIpc) is 2.89. The van der Waals surface area contributed by atoms with Gasteiger partial charge in [-0.3, -0.25) is 9.59 Å². The lowest BCUT2D eigenvalue weighted by Gasteiger charge is -2.41. The van der Waals surface area contributed by atoms with E-state index < -0.39 is 11.4 Å². The second-order valence-corrected chi connectivity index (χ2v) is 5.65. The molecule has 22 heavy (non-hydrogen) atoms. The second kappa shape index (κ2) is 5.84. The van der Waals surface area contributed by atoms with Gasteiger partial charge in [0.2, 0.25) is 18.6 Å². The summed E-state index contributed by atoms with van der Waals surface area (Å²) in [5.41, 5.74) is 5.58. The summed E-state index contributed by atoms with van der Waals surface area (Å²) >= 11 is 0. The van der Waals surface area contributed by atoms with E-state index in [2.05, 4.69) is 5.32 Å². The van der Waals surface area contributed by atoms with Crippen molar-refractivity contribution in [3.8, 4) is 11.5 Å². The number of nitrogens with one attached hydrogen (secondary N) is 1. The van der Waals surface area contributed by atoms with Crippen LogP contribution in [0.3, 0.4) is 0 Å². The molecule has 118 valence electrons. The molecule has 2 aliphatic heterocycles. The van der Waals surface area contributed by atoms with Crippen molar-refractivity contribution >= 4 is 11.8 Å². The predicted octanol–water partition coefficient (Wildman–Crippen LogP) is 0.108. The van der Waals surface area contributed by atoms with Gasteiger partial charge in [-0.25, -0.2) is 0 Å². The zero-order valence-electron chi connectivity index (χ0n) is 12.1. The lowest BCUT2D eigenvalue weighted by Crippen LogP contribution is -2.63. The van der Waals surface area contributed by atoms with Crippen LogP contribution >= 0.6 is 0 Å². The Morgan fingerprint density at radius 1 is 1.23 bits per heavy atom. The number of amides is 2. The first-order chi connectivity index (χ1) is 10.6. The van der Waals surface area contributed by atoms with Crippen LogP contribution in [0, 0.1) is 0 Å². The molecular weight excluding hydrogens is 288 g/mol. The summed E-state index contributed by atoms with van der Waals surface area (Å²) in [5, 5.41) is 2.86. The molecule has 2 aliphatic rings. The van der Waals surface area contributed by atoms with Gasteiger partial charge in [0, 0.05) is 6.42 Å². The normalized spacial score (nSPS) is 17.6. The summed E-state index contributed by atoms with van der Waals surface area (Å²) < 4.78 is 15.7. The first-order valence-electron chi connectivity index (χ1n) is 7.12. The quantitative estimate of drug-likeness (QED) is 0.777. The summed E-state index contributed by atoms with van der Waals surface area (Å²) in [6.45, 7) is 0.881. The molecule has 0 radical (unpaired) electrons. The average molecular weight is 306 g/mol. The number of primary amides is 1. The number of rotatable bonds is 6. The maximum Gasteiger partial charge on any atom is 0.231 e. The molecule has 2 heterocycles. The van der Waals surface area contributed by atoms with Gasteiger partial charge in [-0.05, 0) is 24.1 Å². The molecule has 0 bridgehead atoms. The molecule has 0 atom stereocenters. The molecule has 0 aromatic heterocycles. The van der Waals surface area contributed by atoms with Crippen LogP contribution < -0.4 is 20.5 Å². The Bertz CT molecular complexity index is 598. The molecule has 3 N–H and O–H groups in total. The smallest absolute Gasteiger partial charge is 0.231 e. The number of carbonyl (C=O) groups is 2. The fraction of sp³-hybridized carbons (Fsp3) is 0.467. The van der Waals surface area contributed by atoms with Crippen LogP contribution in [0.4, 0.5) is 0 Å². The molecule has 7 nitrogen and oxygen atoms in total. The standard InChI is InChI=1S/C15H18N2O5/c16-13(18)6-15(7-20-8-15)17-14(19)4-2-10-1-3-11-12(5-10)22-9-21-11/h1,3,5H,2,4,6-9H2,(H2,16,18)(H,17,19). The van der Waals surface area contributed by atoms with Gasteiger partial charge < -0.3 is 25.3 Å². The molecule has 3 rings (SSSR count). The van der Waals surface area contributed by atoms with Crippen molar-refractivity contribution in [1.82, 2.24) is 5.32 Å². The van der Waals surface area contributed by atoms with E-state index in [1.165, 1.54) is 0 Å². The summed E-state index contributed by atoms with van der Waals surface area (Å²) in [6.07, 6.45) is 0.999. The number of nitrogens with two attached hydrogens (primary N) is 1. The highest BCUT2D eigenvalue weighted by Crippen LogP contribution is 2.32. The van der Waals surface area contributed by atoms with Crippen molar-refractivity contribution in [2.45, 2.75) is 24.8 Å². The number of benzene rings is 1. The Morgan fingerprint density at radius 3 is 2.68 bits per heavy atom.